The van der Waals surface area contributed by atoms with Crippen molar-refractivity contribution in [1.29, 1.82) is 0 Å². The molecule has 0 saturated heterocycles. The summed E-state index contributed by atoms with van der Waals surface area (Å²) in [6, 6.07) is 9.76. The van der Waals surface area contributed by atoms with Crippen LogP contribution in [0, 0.1) is 0 Å². The van der Waals surface area contributed by atoms with E-state index < -0.39 is 0 Å². The minimum absolute atomic E-state index is 0.568. The highest BCUT2D eigenvalue weighted by molar-refractivity contribution is 9.10. The average Bonchev–Trinajstić information content (AvgIpc) is 2.87. The molecule has 0 unspecified atom stereocenters. The van der Waals surface area contributed by atoms with Crippen molar-refractivity contribution in [1.82, 2.24) is 14.8 Å². The zero-order valence-corrected chi connectivity index (χ0v) is 13.3. The number of aromatic nitrogens is 3. The van der Waals surface area contributed by atoms with Gasteiger partial charge in [-0.25, -0.2) is 9.67 Å². The molecule has 0 N–H and O–H groups in total. The number of methoxy groups -OCH3 is 2. The maximum Gasteiger partial charge on any atom is 0.243 e. The van der Waals surface area contributed by atoms with Crippen LogP contribution in [0.15, 0.2) is 41.0 Å². The van der Waals surface area contributed by atoms with E-state index >= 15 is 0 Å². The Kier molecular flexibility index (Phi) is 3.79. The van der Waals surface area contributed by atoms with Crippen molar-refractivity contribution in [3.63, 3.8) is 0 Å². The second-order valence-electron chi connectivity index (χ2n) is 4.51. The van der Waals surface area contributed by atoms with Crippen LogP contribution in [0.3, 0.4) is 0 Å². The van der Waals surface area contributed by atoms with E-state index in [1.165, 1.54) is 0 Å². The van der Waals surface area contributed by atoms with E-state index in [0.717, 1.165) is 26.8 Å². The van der Waals surface area contributed by atoms with Crippen LogP contribution < -0.4 is 9.47 Å². The molecule has 0 spiro atoms. The Morgan fingerprint density at radius 2 is 1.86 bits per heavy atom. The van der Waals surface area contributed by atoms with Gasteiger partial charge in [0.15, 0.2) is 5.65 Å². The molecule has 0 atom stereocenters. The molecule has 0 aliphatic heterocycles. The zero-order valence-electron chi connectivity index (χ0n) is 11.7. The number of fused-ring (bicyclic) bond motifs is 1. The highest BCUT2D eigenvalue weighted by atomic mass is 79.9. The van der Waals surface area contributed by atoms with Crippen LogP contribution in [0.2, 0.25) is 0 Å². The molecule has 2 aromatic heterocycles. The maximum atomic E-state index is 5.34. The van der Waals surface area contributed by atoms with E-state index in [9.17, 15) is 0 Å². The molecule has 0 aliphatic carbocycles. The van der Waals surface area contributed by atoms with Crippen LogP contribution in [0.25, 0.3) is 11.0 Å². The summed E-state index contributed by atoms with van der Waals surface area (Å²) in [6.45, 7) is 0.618. The summed E-state index contributed by atoms with van der Waals surface area (Å²) >= 11 is 3.52. The van der Waals surface area contributed by atoms with Gasteiger partial charge in [0.2, 0.25) is 5.88 Å². The molecule has 5 nitrogen and oxygen atoms in total. The predicted molar refractivity (Wildman–Crippen MR) is 83.9 cm³/mol. The number of nitrogens with zero attached hydrogens (tertiary/aromatic N) is 3. The Morgan fingerprint density at radius 3 is 2.52 bits per heavy atom. The number of halogens is 1. The van der Waals surface area contributed by atoms with Crippen LogP contribution in [0.5, 0.6) is 11.6 Å². The third kappa shape index (κ3) is 2.58. The maximum absolute atomic E-state index is 5.34. The molecule has 6 heteroatoms. The van der Waals surface area contributed by atoms with E-state index in [0.29, 0.717) is 12.4 Å². The number of pyridine rings is 1. The van der Waals surface area contributed by atoms with Crippen molar-refractivity contribution < 1.29 is 9.47 Å². The fraction of sp³-hybridized carbons (Fsp3) is 0.200. The first-order chi connectivity index (χ1) is 10.2. The van der Waals surface area contributed by atoms with Crippen molar-refractivity contribution in [3.8, 4) is 11.6 Å². The molecule has 1 aromatic carbocycles. The van der Waals surface area contributed by atoms with Gasteiger partial charge >= 0.3 is 0 Å². The highest BCUT2D eigenvalue weighted by Crippen LogP contribution is 2.30. The lowest BCUT2D eigenvalue weighted by molar-refractivity contribution is 0.394. The molecule has 0 aliphatic rings. The standard InChI is InChI=1S/C15H14BrN3O2/c1-20-11-5-3-10(4-6-11)9-19-14-13(15(18-19)21-2)12(16)7-8-17-14/h3-8H,9H2,1-2H3. The molecule has 21 heavy (non-hydrogen) atoms. The van der Waals surface area contributed by atoms with Gasteiger partial charge in [-0.1, -0.05) is 12.1 Å². The van der Waals surface area contributed by atoms with Crippen LogP contribution in [-0.2, 0) is 6.54 Å². The second-order valence-corrected chi connectivity index (χ2v) is 5.36. The van der Waals surface area contributed by atoms with E-state index in [4.69, 9.17) is 9.47 Å². The monoisotopic (exact) mass is 347 g/mol. The van der Waals surface area contributed by atoms with Gasteiger partial charge in [-0.15, -0.1) is 5.10 Å². The minimum atomic E-state index is 0.568. The molecule has 2 heterocycles. The summed E-state index contributed by atoms with van der Waals surface area (Å²) < 4.78 is 13.3. The van der Waals surface area contributed by atoms with E-state index in [1.807, 2.05) is 35.0 Å². The lowest BCUT2D eigenvalue weighted by Crippen LogP contribution is -2.02. The molecule has 0 fully saturated rings. The lowest BCUT2D eigenvalue weighted by Gasteiger charge is -2.04. The summed E-state index contributed by atoms with van der Waals surface area (Å²) in [5.41, 5.74) is 1.90. The lowest BCUT2D eigenvalue weighted by atomic mass is 10.2. The molecule has 0 radical (unpaired) electrons. The Morgan fingerprint density at radius 1 is 1.10 bits per heavy atom. The van der Waals surface area contributed by atoms with Gasteiger partial charge in [0.1, 0.15) is 5.75 Å². The number of hydrogen-bond donors (Lipinski definition) is 0. The van der Waals surface area contributed by atoms with Crippen molar-refractivity contribution in [3.05, 3.63) is 46.6 Å². The smallest absolute Gasteiger partial charge is 0.243 e. The summed E-state index contributed by atoms with van der Waals surface area (Å²) in [5, 5.41) is 5.36. The molecule has 3 rings (SSSR count). The van der Waals surface area contributed by atoms with Crippen LogP contribution in [0.4, 0.5) is 0 Å². The highest BCUT2D eigenvalue weighted by Gasteiger charge is 2.15. The van der Waals surface area contributed by atoms with Gasteiger partial charge in [-0.2, -0.15) is 0 Å². The van der Waals surface area contributed by atoms with Gasteiger partial charge in [0.05, 0.1) is 26.2 Å². The molecular weight excluding hydrogens is 334 g/mol. The summed E-state index contributed by atoms with van der Waals surface area (Å²) in [4.78, 5) is 4.41. The first kappa shape index (κ1) is 13.9. The fourth-order valence-electron chi connectivity index (χ4n) is 2.19. The van der Waals surface area contributed by atoms with Gasteiger partial charge in [0.25, 0.3) is 0 Å². The number of rotatable bonds is 4. The zero-order chi connectivity index (χ0) is 14.8. The summed E-state index contributed by atoms with van der Waals surface area (Å²) in [7, 11) is 3.27. The van der Waals surface area contributed by atoms with E-state index in [-0.39, 0.29) is 0 Å². The topological polar surface area (TPSA) is 49.2 Å². The average molecular weight is 348 g/mol. The fourth-order valence-corrected chi connectivity index (χ4v) is 2.65. The van der Waals surface area contributed by atoms with Crippen molar-refractivity contribution in [2.24, 2.45) is 0 Å². The molecular formula is C15H14BrN3O2. The van der Waals surface area contributed by atoms with Crippen LogP contribution >= 0.6 is 15.9 Å². The summed E-state index contributed by atoms with van der Waals surface area (Å²) in [5.74, 6) is 1.40. The van der Waals surface area contributed by atoms with Gasteiger partial charge < -0.3 is 9.47 Å². The summed E-state index contributed by atoms with van der Waals surface area (Å²) in [6.07, 6.45) is 1.75. The first-order valence-corrected chi connectivity index (χ1v) is 7.20. The predicted octanol–water partition coefficient (Wildman–Crippen LogP) is 3.26. The molecule has 0 amide bonds. The van der Waals surface area contributed by atoms with Gasteiger partial charge in [-0.05, 0) is 39.7 Å². The van der Waals surface area contributed by atoms with Crippen molar-refractivity contribution >= 4 is 27.0 Å². The first-order valence-electron chi connectivity index (χ1n) is 6.41. The number of ether oxygens (including phenoxy) is 2. The van der Waals surface area contributed by atoms with Crippen molar-refractivity contribution in [2.45, 2.75) is 6.54 Å². The quantitative estimate of drug-likeness (QED) is 0.726. The normalized spacial score (nSPS) is 10.8. The SMILES string of the molecule is COc1ccc(Cn2nc(OC)c3c(Br)ccnc32)cc1. The third-order valence-electron chi connectivity index (χ3n) is 3.23. The largest absolute Gasteiger partial charge is 0.497 e. The number of benzene rings is 1. The number of hydrogen-bond acceptors (Lipinski definition) is 4. The van der Waals surface area contributed by atoms with E-state index in [2.05, 4.69) is 26.0 Å². The molecule has 3 aromatic rings. The Labute approximate surface area is 130 Å². The Balaban J connectivity index is 2.02. The minimum Gasteiger partial charge on any atom is -0.497 e. The van der Waals surface area contributed by atoms with Gasteiger partial charge in [-0.3, -0.25) is 0 Å². The van der Waals surface area contributed by atoms with Crippen molar-refractivity contribution in [2.75, 3.05) is 14.2 Å². The molecule has 0 saturated carbocycles. The Bertz CT molecular complexity index is 768. The third-order valence-corrected chi connectivity index (χ3v) is 3.90. The van der Waals surface area contributed by atoms with E-state index in [1.54, 1.807) is 20.4 Å². The van der Waals surface area contributed by atoms with Crippen LogP contribution in [0.1, 0.15) is 5.56 Å². The second kappa shape index (κ2) is 5.73. The molecule has 0 bridgehead atoms. The van der Waals surface area contributed by atoms with Crippen LogP contribution in [-0.4, -0.2) is 29.0 Å². The molecule has 108 valence electrons. The Hall–Kier alpha value is -2.08. The van der Waals surface area contributed by atoms with Gasteiger partial charge in [0, 0.05) is 10.7 Å².